The van der Waals surface area contributed by atoms with Crippen LogP contribution in [0.15, 0.2) is 18.5 Å². The van der Waals surface area contributed by atoms with Gasteiger partial charge in [-0.2, -0.15) is 0 Å². The Bertz CT molecular complexity index is 800. The van der Waals surface area contributed by atoms with E-state index in [9.17, 15) is 0 Å². The van der Waals surface area contributed by atoms with E-state index >= 15 is 0 Å². The highest BCUT2D eigenvalue weighted by atomic mass is 32.1. The SMILES string of the molecule is Cn1c(-c2c(N)sc3c2CCCC3)nc2ccncc21. The second kappa shape index (κ2) is 4.31. The van der Waals surface area contributed by atoms with Gasteiger partial charge < -0.3 is 10.3 Å². The Hall–Kier alpha value is -1.88. The minimum absolute atomic E-state index is 0.906. The fraction of sp³-hybridized carbons (Fsp3) is 0.333. The third kappa shape index (κ3) is 1.59. The first-order valence-electron chi connectivity index (χ1n) is 6.92. The van der Waals surface area contributed by atoms with E-state index in [2.05, 4.69) is 9.55 Å². The van der Waals surface area contributed by atoms with Crippen LogP contribution in [0.2, 0.25) is 0 Å². The zero-order valence-corrected chi connectivity index (χ0v) is 12.2. The third-order valence-corrected chi connectivity index (χ3v) is 5.23. The number of nitrogens with zero attached hydrogens (tertiary/aromatic N) is 3. The highest BCUT2D eigenvalue weighted by Gasteiger charge is 2.23. The van der Waals surface area contributed by atoms with Crippen LogP contribution >= 0.6 is 11.3 Å². The number of hydrogen-bond donors (Lipinski definition) is 1. The summed E-state index contributed by atoms with van der Waals surface area (Å²) in [6.07, 6.45) is 8.46. The number of aromatic nitrogens is 3. The molecule has 1 aliphatic carbocycles. The average Bonchev–Trinajstić information content (AvgIpc) is 2.96. The zero-order valence-electron chi connectivity index (χ0n) is 11.4. The molecule has 1 aliphatic rings. The first kappa shape index (κ1) is 11.9. The van der Waals surface area contributed by atoms with Crippen LogP contribution in [-0.2, 0) is 19.9 Å². The van der Waals surface area contributed by atoms with Gasteiger partial charge in [-0.25, -0.2) is 4.98 Å². The number of rotatable bonds is 1. The maximum absolute atomic E-state index is 6.29. The molecule has 3 aromatic heterocycles. The molecule has 0 unspecified atom stereocenters. The lowest BCUT2D eigenvalue weighted by Gasteiger charge is -2.12. The molecule has 5 heteroatoms. The van der Waals surface area contributed by atoms with Gasteiger partial charge in [-0.3, -0.25) is 4.98 Å². The second-order valence-corrected chi connectivity index (χ2v) is 6.45. The molecule has 0 bridgehead atoms. The van der Waals surface area contributed by atoms with E-state index in [1.807, 2.05) is 19.3 Å². The van der Waals surface area contributed by atoms with Crippen LogP contribution in [0.5, 0.6) is 0 Å². The summed E-state index contributed by atoms with van der Waals surface area (Å²) in [4.78, 5) is 10.4. The van der Waals surface area contributed by atoms with Crippen molar-refractivity contribution in [3.63, 3.8) is 0 Å². The van der Waals surface area contributed by atoms with Crippen LogP contribution in [0, 0.1) is 0 Å². The molecule has 3 heterocycles. The Labute approximate surface area is 121 Å². The van der Waals surface area contributed by atoms with E-state index in [1.54, 1.807) is 17.5 Å². The molecule has 3 aromatic rings. The molecule has 0 spiro atoms. The fourth-order valence-corrected chi connectivity index (χ4v) is 4.25. The minimum atomic E-state index is 0.906. The Morgan fingerprint density at radius 2 is 2.15 bits per heavy atom. The summed E-state index contributed by atoms with van der Waals surface area (Å²) in [5, 5.41) is 0.906. The molecule has 0 atom stereocenters. The summed E-state index contributed by atoms with van der Waals surface area (Å²) in [6, 6.07) is 1.95. The minimum Gasteiger partial charge on any atom is -0.390 e. The number of anilines is 1. The van der Waals surface area contributed by atoms with Gasteiger partial charge in [-0.05, 0) is 37.3 Å². The molecule has 20 heavy (non-hydrogen) atoms. The predicted octanol–water partition coefficient (Wildman–Crippen LogP) is 3.16. The number of imidazole rings is 1. The van der Waals surface area contributed by atoms with Crippen LogP contribution in [0.1, 0.15) is 23.3 Å². The van der Waals surface area contributed by atoms with Gasteiger partial charge in [0.25, 0.3) is 0 Å². The number of aryl methyl sites for hydroxylation is 2. The summed E-state index contributed by atoms with van der Waals surface area (Å²) in [5.41, 5.74) is 10.9. The van der Waals surface area contributed by atoms with Crippen LogP contribution in [0.4, 0.5) is 5.00 Å². The van der Waals surface area contributed by atoms with Gasteiger partial charge >= 0.3 is 0 Å². The summed E-state index contributed by atoms with van der Waals surface area (Å²) in [7, 11) is 2.04. The van der Waals surface area contributed by atoms with Crippen LogP contribution in [-0.4, -0.2) is 14.5 Å². The molecule has 4 rings (SSSR count). The quantitative estimate of drug-likeness (QED) is 0.746. The van der Waals surface area contributed by atoms with Crippen molar-refractivity contribution in [3.8, 4) is 11.4 Å². The zero-order chi connectivity index (χ0) is 13.7. The maximum Gasteiger partial charge on any atom is 0.144 e. The number of pyridine rings is 1. The van der Waals surface area contributed by atoms with E-state index in [0.717, 1.165) is 40.3 Å². The normalized spacial score (nSPS) is 14.7. The lowest BCUT2D eigenvalue weighted by atomic mass is 9.95. The molecule has 2 N–H and O–H groups in total. The number of hydrogen-bond acceptors (Lipinski definition) is 4. The average molecular weight is 284 g/mol. The van der Waals surface area contributed by atoms with E-state index in [0.29, 0.717) is 0 Å². The molecular formula is C15H16N4S. The summed E-state index contributed by atoms with van der Waals surface area (Å²) in [6.45, 7) is 0. The lowest BCUT2D eigenvalue weighted by molar-refractivity contribution is 0.697. The molecule has 0 radical (unpaired) electrons. The first-order valence-corrected chi connectivity index (χ1v) is 7.74. The van der Waals surface area contributed by atoms with E-state index in [-0.39, 0.29) is 0 Å². The van der Waals surface area contributed by atoms with Crippen molar-refractivity contribution >= 4 is 27.4 Å². The van der Waals surface area contributed by atoms with Crippen molar-refractivity contribution in [2.24, 2.45) is 7.05 Å². The molecule has 0 saturated heterocycles. The number of fused-ring (bicyclic) bond motifs is 2. The van der Waals surface area contributed by atoms with Crippen molar-refractivity contribution in [3.05, 3.63) is 28.9 Å². The van der Waals surface area contributed by atoms with Crippen molar-refractivity contribution < 1.29 is 0 Å². The molecule has 0 aliphatic heterocycles. The number of nitrogen functional groups attached to an aromatic ring is 1. The van der Waals surface area contributed by atoms with Crippen molar-refractivity contribution in [1.82, 2.24) is 14.5 Å². The molecule has 0 saturated carbocycles. The second-order valence-electron chi connectivity index (χ2n) is 5.31. The van der Waals surface area contributed by atoms with E-state index < -0.39 is 0 Å². The Morgan fingerprint density at radius 1 is 1.30 bits per heavy atom. The van der Waals surface area contributed by atoms with Gasteiger partial charge in [-0.15, -0.1) is 11.3 Å². The Kier molecular flexibility index (Phi) is 2.57. The molecule has 102 valence electrons. The predicted molar refractivity (Wildman–Crippen MR) is 82.9 cm³/mol. The van der Waals surface area contributed by atoms with Gasteiger partial charge in [0.15, 0.2) is 0 Å². The van der Waals surface area contributed by atoms with E-state index in [4.69, 9.17) is 10.7 Å². The van der Waals surface area contributed by atoms with Crippen LogP contribution < -0.4 is 5.73 Å². The fourth-order valence-electron chi connectivity index (χ4n) is 3.09. The lowest BCUT2D eigenvalue weighted by Crippen LogP contribution is -2.02. The van der Waals surface area contributed by atoms with Crippen LogP contribution in [0.3, 0.4) is 0 Å². The van der Waals surface area contributed by atoms with Gasteiger partial charge in [0.05, 0.1) is 27.8 Å². The molecule has 4 nitrogen and oxygen atoms in total. The largest absolute Gasteiger partial charge is 0.390 e. The summed E-state index contributed by atoms with van der Waals surface area (Å²) in [5.74, 6) is 0.977. The Balaban J connectivity index is 2.00. The summed E-state index contributed by atoms with van der Waals surface area (Å²) >= 11 is 1.74. The highest BCUT2D eigenvalue weighted by molar-refractivity contribution is 7.16. The maximum atomic E-state index is 6.29. The van der Waals surface area contributed by atoms with Crippen molar-refractivity contribution in [2.75, 3.05) is 5.73 Å². The van der Waals surface area contributed by atoms with Crippen molar-refractivity contribution in [2.45, 2.75) is 25.7 Å². The standard InChI is InChI=1S/C15H16N4S/c1-19-11-8-17-7-6-10(11)18-15(19)13-9-4-2-3-5-12(9)20-14(13)16/h6-8H,2-5,16H2,1H3. The van der Waals surface area contributed by atoms with E-state index in [1.165, 1.54) is 23.3 Å². The van der Waals surface area contributed by atoms with Gasteiger partial charge in [0.1, 0.15) is 5.82 Å². The molecule has 0 amide bonds. The third-order valence-electron chi connectivity index (χ3n) is 4.11. The molecular weight excluding hydrogens is 268 g/mol. The smallest absolute Gasteiger partial charge is 0.144 e. The monoisotopic (exact) mass is 284 g/mol. The topological polar surface area (TPSA) is 56.7 Å². The van der Waals surface area contributed by atoms with Crippen LogP contribution in [0.25, 0.3) is 22.4 Å². The molecule has 0 aromatic carbocycles. The summed E-state index contributed by atoms with van der Waals surface area (Å²) < 4.78 is 2.11. The first-order chi connectivity index (χ1) is 9.75. The number of thiophene rings is 1. The van der Waals surface area contributed by atoms with Gasteiger partial charge in [-0.1, -0.05) is 0 Å². The Morgan fingerprint density at radius 3 is 3.00 bits per heavy atom. The van der Waals surface area contributed by atoms with Crippen molar-refractivity contribution in [1.29, 1.82) is 0 Å². The highest BCUT2D eigenvalue weighted by Crippen LogP contribution is 2.42. The van der Waals surface area contributed by atoms with Gasteiger partial charge in [0, 0.05) is 18.1 Å². The number of nitrogens with two attached hydrogens (primary N) is 1. The molecule has 0 fully saturated rings. The van der Waals surface area contributed by atoms with Gasteiger partial charge in [0.2, 0.25) is 0 Å².